The summed E-state index contributed by atoms with van der Waals surface area (Å²) in [4.78, 5) is 3.62. The van der Waals surface area contributed by atoms with E-state index < -0.39 is 0 Å². The van der Waals surface area contributed by atoms with Crippen LogP contribution >= 0.6 is 0 Å². The number of benzene rings is 2. The molecule has 4 rings (SSSR count). The van der Waals surface area contributed by atoms with E-state index in [0.717, 1.165) is 5.92 Å². The highest BCUT2D eigenvalue weighted by Crippen LogP contribution is 2.38. The van der Waals surface area contributed by atoms with Crippen LogP contribution in [0.3, 0.4) is 0 Å². The molecule has 0 bridgehead atoms. The van der Waals surface area contributed by atoms with E-state index in [1.54, 1.807) is 0 Å². The van der Waals surface area contributed by atoms with Gasteiger partial charge in [0.1, 0.15) is 0 Å². The molecule has 1 fully saturated rings. The van der Waals surface area contributed by atoms with Crippen LogP contribution in [0.15, 0.2) is 42.5 Å². The number of fused-ring (bicyclic) bond motifs is 3. The van der Waals surface area contributed by atoms with Crippen molar-refractivity contribution in [2.45, 2.75) is 31.6 Å². The molecule has 0 spiro atoms. The summed E-state index contributed by atoms with van der Waals surface area (Å²) in [5.74, 6) is 0.766. The van der Waals surface area contributed by atoms with E-state index in [-0.39, 0.29) is 0 Å². The lowest BCUT2D eigenvalue weighted by atomic mass is 9.95. The fourth-order valence-corrected chi connectivity index (χ4v) is 3.47. The van der Waals surface area contributed by atoms with Crippen LogP contribution in [0, 0.1) is 0 Å². The Hall–Kier alpha value is -1.76. The third-order valence-corrected chi connectivity index (χ3v) is 4.37. The zero-order valence-corrected chi connectivity index (χ0v) is 10.4. The van der Waals surface area contributed by atoms with Gasteiger partial charge in [-0.05, 0) is 30.4 Å². The Balaban J connectivity index is 2.03. The number of para-hydroxylation sites is 2. The fourth-order valence-electron chi connectivity index (χ4n) is 3.47. The zero-order valence-electron chi connectivity index (χ0n) is 10.4. The Labute approximate surface area is 107 Å². The molecule has 1 heteroatoms. The molecule has 1 heterocycles. The zero-order chi connectivity index (χ0) is 11.9. The van der Waals surface area contributed by atoms with Gasteiger partial charge in [-0.25, -0.2) is 0 Å². The molecule has 1 N–H and O–H groups in total. The van der Waals surface area contributed by atoms with Gasteiger partial charge in [0.15, 0.2) is 0 Å². The quantitative estimate of drug-likeness (QED) is 0.612. The second-order valence-corrected chi connectivity index (χ2v) is 5.42. The molecular weight excluding hydrogens is 218 g/mol. The Bertz CT molecular complexity index is 702. The summed E-state index contributed by atoms with van der Waals surface area (Å²) < 4.78 is 0. The van der Waals surface area contributed by atoms with Gasteiger partial charge < -0.3 is 4.98 Å². The molecule has 0 aliphatic heterocycles. The van der Waals surface area contributed by atoms with Crippen LogP contribution in [0.1, 0.15) is 37.2 Å². The number of rotatable bonds is 1. The Morgan fingerprint density at radius 1 is 0.833 bits per heavy atom. The average Bonchev–Trinajstić information content (AvgIpc) is 3.05. The normalized spacial score (nSPS) is 16.9. The summed E-state index contributed by atoms with van der Waals surface area (Å²) in [7, 11) is 0. The van der Waals surface area contributed by atoms with Crippen molar-refractivity contribution in [1.29, 1.82) is 0 Å². The van der Waals surface area contributed by atoms with E-state index >= 15 is 0 Å². The number of hydrogen-bond donors (Lipinski definition) is 1. The first-order valence-corrected chi connectivity index (χ1v) is 6.93. The minimum atomic E-state index is 0.766. The van der Waals surface area contributed by atoms with Crippen molar-refractivity contribution < 1.29 is 0 Å². The minimum absolute atomic E-state index is 0.766. The summed E-state index contributed by atoms with van der Waals surface area (Å²) >= 11 is 0. The van der Waals surface area contributed by atoms with Gasteiger partial charge in [-0.1, -0.05) is 49.2 Å². The van der Waals surface area contributed by atoms with Gasteiger partial charge in [0.05, 0.1) is 0 Å². The van der Waals surface area contributed by atoms with E-state index in [1.807, 2.05) is 0 Å². The van der Waals surface area contributed by atoms with Crippen LogP contribution in [0.25, 0.3) is 21.8 Å². The van der Waals surface area contributed by atoms with Crippen LogP contribution in [0.5, 0.6) is 0 Å². The van der Waals surface area contributed by atoms with E-state index in [9.17, 15) is 0 Å². The van der Waals surface area contributed by atoms with Crippen LogP contribution in [-0.2, 0) is 0 Å². The molecular formula is C17H17N. The lowest BCUT2D eigenvalue weighted by Crippen LogP contribution is -1.93. The molecule has 2 aromatic carbocycles. The predicted octanol–water partition coefficient (Wildman–Crippen LogP) is 4.98. The minimum Gasteiger partial charge on any atom is -0.354 e. The molecule has 18 heavy (non-hydrogen) atoms. The van der Waals surface area contributed by atoms with Gasteiger partial charge in [0.25, 0.3) is 0 Å². The second kappa shape index (κ2) is 3.88. The number of aromatic nitrogens is 1. The van der Waals surface area contributed by atoms with Crippen LogP contribution in [0.2, 0.25) is 0 Å². The van der Waals surface area contributed by atoms with Gasteiger partial charge in [0.2, 0.25) is 0 Å². The van der Waals surface area contributed by atoms with Gasteiger partial charge in [-0.2, -0.15) is 0 Å². The average molecular weight is 235 g/mol. The smallest absolute Gasteiger partial charge is 0.0500 e. The standard InChI is InChI=1S/C17H17N/c1-2-7-12(6-1)13-9-5-10-15-14-8-3-4-11-16(14)18-17(13)15/h3-5,8-12,18H,1-2,6-7H2. The molecule has 1 saturated carbocycles. The van der Waals surface area contributed by atoms with Gasteiger partial charge in [-0.15, -0.1) is 0 Å². The van der Waals surface area contributed by atoms with Gasteiger partial charge in [0, 0.05) is 21.8 Å². The maximum Gasteiger partial charge on any atom is 0.0500 e. The molecule has 1 aliphatic rings. The van der Waals surface area contributed by atoms with E-state index in [2.05, 4.69) is 47.4 Å². The fraction of sp³-hybridized carbons (Fsp3) is 0.294. The largest absolute Gasteiger partial charge is 0.354 e. The Morgan fingerprint density at radius 2 is 1.61 bits per heavy atom. The molecule has 0 saturated heterocycles. The van der Waals surface area contributed by atoms with Gasteiger partial charge >= 0.3 is 0 Å². The molecule has 1 nitrogen and oxygen atoms in total. The van der Waals surface area contributed by atoms with Crippen molar-refractivity contribution in [2.24, 2.45) is 0 Å². The molecule has 0 unspecified atom stereocenters. The van der Waals surface area contributed by atoms with Crippen molar-refractivity contribution in [1.82, 2.24) is 4.98 Å². The first kappa shape index (κ1) is 10.2. The summed E-state index contributed by atoms with van der Waals surface area (Å²) in [6, 6.07) is 15.4. The van der Waals surface area contributed by atoms with Crippen LogP contribution in [-0.4, -0.2) is 4.98 Å². The van der Waals surface area contributed by atoms with Crippen molar-refractivity contribution in [3.05, 3.63) is 48.0 Å². The predicted molar refractivity (Wildman–Crippen MR) is 77.0 cm³/mol. The van der Waals surface area contributed by atoms with Gasteiger partial charge in [-0.3, -0.25) is 0 Å². The van der Waals surface area contributed by atoms with E-state index in [0.29, 0.717) is 0 Å². The monoisotopic (exact) mass is 235 g/mol. The highest BCUT2D eigenvalue weighted by Gasteiger charge is 2.20. The Kier molecular flexibility index (Phi) is 2.19. The third kappa shape index (κ3) is 1.40. The lowest BCUT2D eigenvalue weighted by molar-refractivity contribution is 0.728. The van der Waals surface area contributed by atoms with Crippen molar-refractivity contribution in [2.75, 3.05) is 0 Å². The molecule has 0 atom stereocenters. The maximum absolute atomic E-state index is 3.62. The maximum atomic E-state index is 3.62. The highest BCUT2D eigenvalue weighted by molar-refractivity contribution is 6.08. The highest BCUT2D eigenvalue weighted by atomic mass is 14.7. The lowest BCUT2D eigenvalue weighted by Gasteiger charge is -2.10. The molecule has 1 aliphatic carbocycles. The topological polar surface area (TPSA) is 15.8 Å². The number of hydrogen-bond acceptors (Lipinski definition) is 0. The third-order valence-electron chi connectivity index (χ3n) is 4.37. The summed E-state index contributed by atoms with van der Waals surface area (Å²) in [5, 5.41) is 2.74. The van der Waals surface area contributed by atoms with Crippen LogP contribution < -0.4 is 0 Å². The van der Waals surface area contributed by atoms with E-state index in [4.69, 9.17) is 0 Å². The number of nitrogens with one attached hydrogen (secondary N) is 1. The molecule has 3 aromatic rings. The first-order chi connectivity index (χ1) is 8.93. The Morgan fingerprint density at radius 3 is 2.50 bits per heavy atom. The number of H-pyrrole nitrogens is 1. The molecule has 1 aromatic heterocycles. The summed E-state index contributed by atoms with van der Waals surface area (Å²) in [5.41, 5.74) is 4.16. The SMILES string of the molecule is c1ccc2c(c1)[nH]c1c(C3CCCC3)cccc12. The van der Waals surface area contributed by atoms with Crippen LogP contribution in [0.4, 0.5) is 0 Å². The summed E-state index contributed by atoms with van der Waals surface area (Å²) in [6.07, 6.45) is 5.49. The molecule has 0 radical (unpaired) electrons. The van der Waals surface area contributed by atoms with E-state index in [1.165, 1.54) is 53.1 Å². The second-order valence-electron chi connectivity index (χ2n) is 5.42. The first-order valence-electron chi connectivity index (χ1n) is 6.93. The van der Waals surface area contributed by atoms with Crippen molar-refractivity contribution >= 4 is 21.8 Å². The summed E-state index contributed by atoms with van der Waals surface area (Å²) in [6.45, 7) is 0. The van der Waals surface area contributed by atoms with Crippen molar-refractivity contribution in [3.8, 4) is 0 Å². The molecule has 90 valence electrons. The molecule has 0 amide bonds. The number of aromatic amines is 1. The van der Waals surface area contributed by atoms with Crippen molar-refractivity contribution in [3.63, 3.8) is 0 Å².